The van der Waals surface area contributed by atoms with Crippen LogP contribution in [0.1, 0.15) is 25.3 Å². The van der Waals surface area contributed by atoms with Gasteiger partial charge >= 0.3 is 0 Å². The molecular formula is C13H14N2O. The third-order valence-electron chi connectivity index (χ3n) is 2.52. The molecule has 0 amide bonds. The van der Waals surface area contributed by atoms with E-state index >= 15 is 0 Å². The maximum absolute atomic E-state index is 11.5. The molecule has 0 aliphatic carbocycles. The topological polar surface area (TPSA) is 45.8 Å². The van der Waals surface area contributed by atoms with Crippen LogP contribution in [0.5, 0.6) is 0 Å². The summed E-state index contributed by atoms with van der Waals surface area (Å²) in [6, 6.07) is 11.7. The molecule has 1 aromatic carbocycles. The van der Waals surface area contributed by atoms with Gasteiger partial charge in [0.2, 0.25) is 0 Å². The molecule has 0 spiro atoms. The lowest BCUT2D eigenvalue weighted by Gasteiger charge is -2.06. The van der Waals surface area contributed by atoms with Gasteiger partial charge in [0.15, 0.2) is 0 Å². The monoisotopic (exact) mass is 214 g/mol. The summed E-state index contributed by atoms with van der Waals surface area (Å²) in [5, 5.41) is 6.60. The van der Waals surface area contributed by atoms with Gasteiger partial charge in [0.25, 0.3) is 5.56 Å². The minimum atomic E-state index is -0.102. The number of hydrogen-bond acceptors (Lipinski definition) is 2. The molecule has 16 heavy (non-hydrogen) atoms. The average Bonchev–Trinajstić information content (AvgIpc) is 2.30. The number of benzene rings is 1. The lowest BCUT2D eigenvalue weighted by molar-refractivity contribution is 0.822. The standard InChI is InChI=1S/C13H14N2O/c1-9(2)11-8-12(14-15-13(11)16)10-6-4-3-5-7-10/h3-9H,1-2H3,(H,15,16). The number of nitrogens with zero attached hydrogens (tertiary/aromatic N) is 1. The quantitative estimate of drug-likeness (QED) is 0.835. The van der Waals surface area contributed by atoms with Crippen LogP contribution in [0.25, 0.3) is 11.3 Å². The molecule has 3 heteroatoms. The van der Waals surface area contributed by atoms with E-state index in [1.54, 1.807) is 0 Å². The van der Waals surface area contributed by atoms with Crippen LogP contribution in [0, 0.1) is 0 Å². The van der Waals surface area contributed by atoms with Crippen molar-refractivity contribution in [2.75, 3.05) is 0 Å². The van der Waals surface area contributed by atoms with Crippen molar-refractivity contribution in [2.45, 2.75) is 19.8 Å². The third-order valence-corrected chi connectivity index (χ3v) is 2.52. The van der Waals surface area contributed by atoms with E-state index in [2.05, 4.69) is 10.2 Å². The second-order valence-corrected chi connectivity index (χ2v) is 4.06. The first-order valence-corrected chi connectivity index (χ1v) is 5.33. The Morgan fingerprint density at radius 3 is 2.50 bits per heavy atom. The fourth-order valence-electron chi connectivity index (χ4n) is 1.61. The predicted molar refractivity (Wildman–Crippen MR) is 64.4 cm³/mol. The Labute approximate surface area is 94.2 Å². The van der Waals surface area contributed by atoms with Crippen LogP contribution in [0.15, 0.2) is 41.2 Å². The molecule has 0 unspecified atom stereocenters. The van der Waals surface area contributed by atoms with Crippen molar-refractivity contribution in [2.24, 2.45) is 0 Å². The van der Waals surface area contributed by atoms with Crippen LogP contribution in [0.4, 0.5) is 0 Å². The van der Waals surface area contributed by atoms with Crippen molar-refractivity contribution in [3.63, 3.8) is 0 Å². The van der Waals surface area contributed by atoms with E-state index in [0.717, 1.165) is 16.8 Å². The molecule has 1 aromatic heterocycles. The van der Waals surface area contributed by atoms with Crippen molar-refractivity contribution >= 4 is 0 Å². The van der Waals surface area contributed by atoms with Gasteiger partial charge in [-0.3, -0.25) is 4.79 Å². The first kappa shape index (κ1) is 10.6. The summed E-state index contributed by atoms with van der Waals surface area (Å²) in [6.45, 7) is 4.00. The van der Waals surface area contributed by atoms with Gasteiger partial charge in [-0.15, -0.1) is 0 Å². The molecule has 82 valence electrons. The highest BCUT2D eigenvalue weighted by molar-refractivity contribution is 5.58. The van der Waals surface area contributed by atoms with Gasteiger partial charge in [-0.1, -0.05) is 44.2 Å². The third kappa shape index (κ3) is 2.03. The van der Waals surface area contributed by atoms with E-state index in [4.69, 9.17) is 0 Å². The molecule has 1 N–H and O–H groups in total. The zero-order valence-corrected chi connectivity index (χ0v) is 9.40. The van der Waals surface area contributed by atoms with Crippen LogP contribution in [0.2, 0.25) is 0 Å². The molecule has 1 heterocycles. The normalized spacial score (nSPS) is 10.7. The highest BCUT2D eigenvalue weighted by Gasteiger charge is 2.07. The van der Waals surface area contributed by atoms with Crippen molar-refractivity contribution < 1.29 is 0 Å². The first-order valence-electron chi connectivity index (χ1n) is 5.33. The molecule has 0 aliphatic rings. The average molecular weight is 214 g/mol. The van der Waals surface area contributed by atoms with Crippen molar-refractivity contribution in [1.82, 2.24) is 10.2 Å². The molecular weight excluding hydrogens is 200 g/mol. The second kappa shape index (κ2) is 4.31. The van der Waals surface area contributed by atoms with Gasteiger partial charge in [0.05, 0.1) is 5.69 Å². The molecule has 2 rings (SSSR count). The number of rotatable bonds is 2. The number of nitrogens with one attached hydrogen (secondary N) is 1. The lowest BCUT2D eigenvalue weighted by Crippen LogP contribution is -2.15. The molecule has 0 saturated heterocycles. The molecule has 0 aliphatic heterocycles. The fraction of sp³-hybridized carbons (Fsp3) is 0.231. The van der Waals surface area contributed by atoms with Crippen molar-refractivity contribution in [1.29, 1.82) is 0 Å². The minimum Gasteiger partial charge on any atom is -0.268 e. The summed E-state index contributed by atoms with van der Waals surface area (Å²) >= 11 is 0. The van der Waals surface area contributed by atoms with Gasteiger partial charge in [0, 0.05) is 11.1 Å². The number of hydrogen-bond donors (Lipinski definition) is 1. The van der Waals surface area contributed by atoms with E-state index in [-0.39, 0.29) is 11.5 Å². The Bertz CT molecular complexity index is 529. The van der Waals surface area contributed by atoms with Crippen molar-refractivity contribution in [3.05, 3.63) is 52.3 Å². The summed E-state index contributed by atoms with van der Waals surface area (Å²) in [4.78, 5) is 11.5. The summed E-state index contributed by atoms with van der Waals surface area (Å²) in [5.74, 6) is 0.203. The largest absolute Gasteiger partial charge is 0.268 e. The van der Waals surface area contributed by atoms with E-state index in [1.807, 2.05) is 50.2 Å². The van der Waals surface area contributed by atoms with Crippen LogP contribution in [-0.4, -0.2) is 10.2 Å². The SMILES string of the molecule is CC(C)c1cc(-c2ccccc2)n[nH]c1=O. The van der Waals surface area contributed by atoms with Gasteiger partial charge < -0.3 is 0 Å². The highest BCUT2D eigenvalue weighted by atomic mass is 16.1. The Morgan fingerprint density at radius 1 is 1.19 bits per heavy atom. The number of aromatic amines is 1. The van der Waals surface area contributed by atoms with Gasteiger partial charge in [-0.25, -0.2) is 5.10 Å². The first-order chi connectivity index (χ1) is 7.68. The maximum Gasteiger partial charge on any atom is 0.267 e. The van der Waals surface area contributed by atoms with Crippen LogP contribution < -0.4 is 5.56 Å². The van der Waals surface area contributed by atoms with E-state index in [1.165, 1.54) is 0 Å². The molecule has 2 aromatic rings. The summed E-state index contributed by atoms with van der Waals surface area (Å²) < 4.78 is 0. The van der Waals surface area contributed by atoms with Gasteiger partial charge in [0.1, 0.15) is 0 Å². The zero-order valence-electron chi connectivity index (χ0n) is 9.40. The van der Waals surface area contributed by atoms with E-state index in [9.17, 15) is 4.79 Å². The molecule has 0 atom stereocenters. The number of H-pyrrole nitrogens is 1. The van der Waals surface area contributed by atoms with Crippen LogP contribution in [0.3, 0.4) is 0 Å². The summed E-state index contributed by atoms with van der Waals surface area (Å²) in [5.41, 5.74) is 2.49. The Morgan fingerprint density at radius 2 is 1.88 bits per heavy atom. The molecule has 0 saturated carbocycles. The smallest absolute Gasteiger partial charge is 0.267 e. The Kier molecular flexibility index (Phi) is 2.86. The molecule has 0 bridgehead atoms. The Hall–Kier alpha value is -1.90. The van der Waals surface area contributed by atoms with Crippen LogP contribution >= 0.6 is 0 Å². The second-order valence-electron chi connectivity index (χ2n) is 4.06. The summed E-state index contributed by atoms with van der Waals surface area (Å²) in [7, 11) is 0. The highest BCUT2D eigenvalue weighted by Crippen LogP contribution is 2.18. The minimum absolute atomic E-state index is 0.102. The molecule has 0 radical (unpaired) electrons. The maximum atomic E-state index is 11.5. The van der Waals surface area contributed by atoms with E-state index < -0.39 is 0 Å². The predicted octanol–water partition coefficient (Wildman–Crippen LogP) is 2.56. The summed E-state index contributed by atoms with van der Waals surface area (Å²) in [6.07, 6.45) is 0. The number of aromatic nitrogens is 2. The molecule has 3 nitrogen and oxygen atoms in total. The van der Waals surface area contributed by atoms with Gasteiger partial charge in [-0.2, -0.15) is 5.10 Å². The zero-order chi connectivity index (χ0) is 11.5. The van der Waals surface area contributed by atoms with Gasteiger partial charge in [-0.05, 0) is 12.0 Å². The van der Waals surface area contributed by atoms with Crippen LogP contribution in [-0.2, 0) is 0 Å². The lowest BCUT2D eigenvalue weighted by atomic mass is 10.0. The Balaban J connectivity index is 2.52. The van der Waals surface area contributed by atoms with Crippen molar-refractivity contribution in [3.8, 4) is 11.3 Å². The van der Waals surface area contributed by atoms with E-state index in [0.29, 0.717) is 0 Å². The molecule has 0 fully saturated rings. The fourth-order valence-corrected chi connectivity index (χ4v) is 1.61.